The third-order valence-corrected chi connectivity index (χ3v) is 4.80. The van der Waals surface area contributed by atoms with Gasteiger partial charge < -0.3 is 4.90 Å². The fourth-order valence-electron chi connectivity index (χ4n) is 3.13. The van der Waals surface area contributed by atoms with E-state index in [2.05, 4.69) is 22.5 Å². The van der Waals surface area contributed by atoms with Gasteiger partial charge in [0.05, 0.1) is 0 Å². The minimum absolute atomic E-state index is 0.178. The monoisotopic (exact) mass is 360 g/mol. The van der Waals surface area contributed by atoms with Crippen molar-refractivity contribution in [3.8, 4) is 0 Å². The van der Waals surface area contributed by atoms with E-state index in [0.29, 0.717) is 24.8 Å². The van der Waals surface area contributed by atoms with Crippen LogP contribution >= 0.6 is 11.6 Å². The second-order valence-electron chi connectivity index (χ2n) is 6.28. The van der Waals surface area contributed by atoms with Crippen LogP contribution in [0, 0.1) is 0 Å². The molecule has 0 bridgehead atoms. The minimum atomic E-state index is -0.210. The van der Waals surface area contributed by atoms with Crippen molar-refractivity contribution in [3.05, 3.63) is 57.3 Å². The molecule has 1 aromatic heterocycles. The summed E-state index contributed by atoms with van der Waals surface area (Å²) in [5.41, 5.74) is 1.06. The smallest absolute Gasteiger partial charge is 0.323 e. The molecule has 1 aliphatic rings. The molecule has 1 fully saturated rings. The molecule has 1 aromatic carbocycles. The van der Waals surface area contributed by atoms with Crippen molar-refractivity contribution in [1.29, 1.82) is 0 Å². The molecule has 1 saturated heterocycles. The first kappa shape index (κ1) is 17.5. The third-order valence-electron chi connectivity index (χ3n) is 4.55. The largest absolute Gasteiger partial charge is 0.324 e. The first-order valence-corrected chi connectivity index (χ1v) is 8.76. The lowest BCUT2D eigenvalue weighted by Gasteiger charge is -2.21. The summed E-state index contributed by atoms with van der Waals surface area (Å²) in [6.45, 7) is 1.40. The molecule has 2 aromatic rings. The molecule has 0 aliphatic carbocycles. The van der Waals surface area contributed by atoms with Crippen molar-refractivity contribution in [2.45, 2.75) is 25.2 Å². The standard InChI is InChI=1S/C18H21ClN4O2/c1-22-17(24)9-8-16(21-22)20-18(25)23-11-2-3-13(10-12-23)14-4-6-15(19)7-5-14/h4-9,13H,2-3,10-12H2,1H3,(H,20,21,25). The van der Waals surface area contributed by atoms with E-state index in [1.165, 1.54) is 22.4 Å². The summed E-state index contributed by atoms with van der Waals surface area (Å²) >= 11 is 5.96. The van der Waals surface area contributed by atoms with Gasteiger partial charge in [0.2, 0.25) is 0 Å². The van der Waals surface area contributed by atoms with Gasteiger partial charge in [-0.25, -0.2) is 9.48 Å². The second-order valence-corrected chi connectivity index (χ2v) is 6.71. The van der Waals surface area contributed by atoms with Gasteiger partial charge in [0.1, 0.15) is 0 Å². The Kier molecular flexibility index (Phi) is 5.38. The number of nitrogens with zero attached hydrogens (tertiary/aromatic N) is 3. The highest BCUT2D eigenvalue weighted by Gasteiger charge is 2.22. The highest BCUT2D eigenvalue weighted by Crippen LogP contribution is 2.29. The molecule has 132 valence electrons. The highest BCUT2D eigenvalue weighted by molar-refractivity contribution is 6.30. The van der Waals surface area contributed by atoms with Crippen LogP contribution in [0.4, 0.5) is 10.6 Å². The van der Waals surface area contributed by atoms with Gasteiger partial charge >= 0.3 is 6.03 Å². The van der Waals surface area contributed by atoms with E-state index in [-0.39, 0.29) is 11.6 Å². The van der Waals surface area contributed by atoms with E-state index in [4.69, 9.17) is 11.6 Å². The number of amides is 2. The molecule has 25 heavy (non-hydrogen) atoms. The Bertz CT molecular complexity index is 803. The lowest BCUT2D eigenvalue weighted by Crippen LogP contribution is -2.36. The van der Waals surface area contributed by atoms with Gasteiger partial charge in [-0.3, -0.25) is 10.1 Å². The van der Waals surface area contributed by atoms with Crippen LogP contribution in [0.2, 0.25) is 5.02 Å². The lowest BCUT2D eigenvalue weighted by atomic mass is 9.92. The van der Waals surface area contributed by atoms with Gasteiger partial charge in [0.25, 0.3) is 5.56 Å². The summed E-state index contributed by atoms with van der Waals surface area (Å²) in [7, 11) is 1.56. The van der Waals surface area contributed by atoms with Gasteiger partial charge in [-0.15, -0.1) is 0 Å². The van der Waals surface area contributed by atoms with Crippen molar-refractivity contribution in [2.24, 2.45) is 7.05 Å². The number of urea groups is 1. The molecule has 6 nitrogen and oxygen atoms in total. The van der Waals surface area contributed by atoms with Crippen LogP contribution in [-0.4, -0.2) is 33.8 Å². The maximum absolute atomic E-state index is 12.5. The first-order valence-electron chi connectivity index (χ1n) is 8.38. The van der Waals surface area contributed by atoms with Crippen LogP contribution in [-0.2, 0) is 7.05 Å². The van der Waals surface area contributed by atoms with E-state index >= 15 is 0 Å². The predicted molar refractivity (Wildman–Crippen MR) is 98.1 cm³/mol. The number of halogens is 1. The normalized spacial score (nSPS) is 17.8. The van der Waals surface area contributed by atoms with Gasteiger partial charge in [0.15, 0.2) is 5.82 Å². The summed E-state index contributed by atoms with van der Waals surface area (Å²) in [6.07, 6.45) is 2.90. The molecule has 2 heterocycles. The molecule has 0 spiro atoms. The third kappa shape index (κ3) is 4.39. The van der Waals surface area contributed by atoms with E-state index in [1.807, 2.05) is 17.0 Å². The number of benzene rings is 1. The molecule has 1 unspecified atom stereocenters. The lowest BCUT2D eigenvalue weighted by molar-refractivity contribution is 0.213. The Hall–Kier alpha value is -2.34. The Labute approximate surface area is 151 Å². The molecule has 2 amide bonds. The van der Waals surface area contributed by atoms with E-state index in [1.54, 1.807) is 7.05 Å². The summed E-state index contributed by atoms with van der Waals surface area (Å²) in [5, 5.41) is 7.54. The SMILES string of the molecule is Cn1nc(NC(=O)N2CCCC(c3ccc(Cl)cc3)CC2)ccc1=O. The number of rotatable bonds is 2. The predicted octanol–water partition coefficient (Wildman–Crippen LogP) is 3.24. The van der Waals surface area contributed by atoms with Crippen LogP contribution in [0.25, 0.3) is 0 Å². The summed E-state index contributed by atoms with van der Waals surface area (Å²) in [6, 6.07) is 10.7. The van der Waals surface area contributed by atoms with Gasteiger partial charge in [0, 0.05) is 31.2 Å². The average molecular weight is 361 g/mol. The summed E-state index contributed by atoms with van der Waals surface area (Å²) < 4.78 is 1.20. The molecule has 3 rings (SSSR count). The Balaban J connectivity index is 1.62. The average Bonchev–Trinajstić information content (AvgIpc) is 2.85. The Morgan fingerprint density at radius 1 is 1.16 bits per heavy atom. The molecule has 0 saturated carbocycles. The van der Waals surface area contributed by atoms with Gasteiger partial charge in [-0.2, -0.15) is 5.10 Å². The quantitative estimate of drug-likeness (QED) is 0.894. The zero-order valence-electron chi connectivity index (χ0n) is 14.1. The van der Waals surface area contributed by atoms with Crippen LogP contribution in [0.3, 0.4) is 0 Å². The second kappa shape index (κ2) is 7.70. The molecule has 0 radical (unpaired) electrons. The zero-order chi connectivity index (χ0) is 17.8. The number of aromatic nitrogens is 2. The number of hydrogen-bond acceptors (Lipinski definition) is 3. The van der Waals surface area contributed by atoms with Crippen molar-refractivity contribution in [1.82, 2.24) is 14.7 Å². The molecule has 1 aliphatic heterocycles. The van der Waals surface area contributed by atoms with Crippen LogP contribution in [0.5, 0.6) is 0 Å². The maximum atomic E-state index is 12.5. The van der Waals surface area contributed by atoms with Crippen LogP contribution < -0.4 is 10.9 Å². The number of carbonyl (C=O) groups excluding carboxylic acids is 1. The minimum Gasteiger partial charge on any atom is -0.324 e. The van der Waals surface area contributed by atoms with E-state index < -0.39 is 0 Å². The zero-order valence-corrected chi connectivity index (χ0v) is 14.9. The molecule has 1 atom stereocenters. The van der Waals surface area contributed by atoms with Crippen LogP contribution in [0.1, 0.15) is 30.7 Å². The number of anilines is 1. The van der Waals surface area contributed by atoms with E-state index in [0.717, 1.165) is 24.3 Å². The van der Waals surface area contributed by atoms with Crippen molar-refractivity contribution >= 4 is 23.4 Å². The topological polar surface area (TPSA) is 67.2 Å². The molecule has 1 N–H and O–H groups in total. The maximum Gasteiger partial charge on any atom is 0.323 e. The molecular formula is C18H21ClN4O2. The van der Waals surface area contributed by atoms with E-state index in [9.17, 15) is 9.59 Å². The molecule has 7 heteroatoms. The van der Waals surface area contributed by atoms with Gasteiger partial charge in [-0.05, 0) is 48.9 Å². The molecular weight excluding hydrogens is 340 g/mol. The van der Waals surface area contributed by atoms with Crippen molar-refractivity contribution in [2.75, 3.05) is 18.4 Å². The Morgan fingerprint density at radius 2 is 1.92 bits per heavy atom. The fourth-order valence-corrected chi connectivity index (χ4v) is 3.25. The number of likely N-dealkylation sites (tertiary alicyclic amines) is 1. The summed E-state index contributed by atoms with van der Waals surface area (Å²) in [4.78, 5) is 25.6. The highest BCUT2D eigenvalue weighted by atomic mass is 35.5. The van der Waals surface area contributed by atoms with Crippen molar-refractivity contribution < 1.29 is 4.79 Å². The van der Waals surface area contributed by atoms with Crippen LogP contribution in [0.15, 0.2) is 41.2 Å². The van der Waals surface area contributed by atoms with Gasteiger partial charge in [-0.1, -0.05) is 23.7 Å². The number of hydrogen-bond donors (Lipinski definition) is 1. The fraction of sp³-hybridized carbons (Fsp3) is 0.389. The number of aryl methyl sites for hydroxylation is 1. The number of nitrogens with one attached hydrogen (secondary N) is 1. The Morgan fingerprint density at radius 3 is 2.64 bits per heavy atom. The number of carbonyl (C=O) groups is 1. The van der Waals surface area contributed by atoms with Crippen molar-refractivity contribution in [3.63, 3.8) is 0 Å². The summed E-state index contributed by atoms with van der Waals surface area (Å²) in [5.74, 6) is 0.816. The first-order chi connectivity index (χ1) is 12.0.